The first-order valence-electron chi connectivity index (χ1n) is 9.60. The molecule has 4 aliphatic rings. The summed E-state index contributed by atoms with van der Waals surface area (Å²) in [7, 11) is 0. The van der Waals surface area contributed by atoms with Gasteiger partial charge in [0.2, 0.25) is 0 Å². The highest BCUT2D eigenvalue weighted by Gasteiger charge is 2.59. The van der Waals surface area contributed by atoms with Crippen molar-refractivity contribution in [2.24, 2.45) is 34.5 Å². The first kappa shape index (κ1) is 15.6. The first-order chi connectivity index (χ1) is 10.9. The minimum Gasteiger partial charge on any atom is -0.300 e. The fourth-order valence-corrected chi connectivity index (χ4v) is 7.23. The molecule has 0 spiro atoms. The Morgan fingerprint density at radius 1 is 1.04 bits per heavy atom. The molecule has 0 aromatic heterocycles. The van der Waals surface area contributed by atoms with Gasteiger partial charge in [-0.25, -0.2) is 0 Å². The third-order valence-corrected chi connectivity index (χ3v) is 8.45. The van der Waals surface area contributed by atoms with E-state index >= 15 is 0 Å². The number of Topliss-reactive ketones (excluding diaryl/α,β-unsaturated/α-hetero) is 1. The van der Waals surface area contributed by atoms with Crippen molar-refractivity contribution in [3.8, 4) is 0 Å². The van der Waals surface area contributed by atoms with Crippen molar-refractivity contribution in [1.29, 1.82) is 0 Å². The molecule has 0 radical (unpaired) electrons. The van der Waals surface area contributed by atoms with Gasteiger partial charge in [0.1, 0.15) is 5.78 Å². The number of carbonyl (C=O) groups excluding carboxylic acids is 2. The Morgan fingerprint density at radius 3 is 2.57 bits per heavy atom. The normalized spacial score (nSPS) is 49.0. The number of fused-ring (bicyclic) bond motifs is 5. The van der Waals surface area contributed by atoms with Crippen molar-refractivity contribution in [3.63, 3.8) is 0 Å². The van der Waals surface area contributed by atoms with Crippen LogP contribution in [-0.4, -0.2) is 11.6 Å². The lowest BCUT2D eigenvalue weighted by Crippen LogP contribution is -2.51. The van der Waals surface area contributed by atoms with Crippen LogP contribution in [0.3, 0.4) is 0 Å². The minimum absolute atomic E-state index is 0.245. The zero-order valence-corrected chi connectivity index (χ0v) is 14.9. The van der Waals surface area contributed by atoms with Crippen LogP contribution < -0.4 is 0 Å². The maximum absolute atomic E-state index is 12.1. The van der Waals surface area contributed by atoms with Gasteiger partial charge in [-0.05, 0) is 86.5 Å². The molecule has 0 bridgehead atoms. The average molecular weight is 314 g/mol. The predicted molar refractivity (Wildman–Crippen MR) is 90.9 cm³/mol. The standard InChI is InChI=1S/C21H30O2/c1-13(22)17-6-7-18-16-5-4-14-12-15(23)8-10-20(14,2)19(16)9-11-21(17,18)3/h12,16-19H,4-11H2,1-3H3/t16-,17-,18+,19+,20+,21-/m1/s1. The van der Waals surface area contributed by atoms with Gasteiger partial charge in [-0.1, -0.05) is 19.4 Å². The number of carbonyl (C=O) groups is 2. The van der Waals surface area contributed by atoms with Gasteiger partial charge in [-0.2, -0.15) is 0 Å². The van der Waals surface area contributed by atoms with E-state index in [-0.39, 0.29) is 10.8 Å². The molecular weight excluding hydrogens is 284 g/mol. The zero-order chi connectivity index (χ0) is 16.4. The third kappa shape index (κ3) is 2.06. The van der Waals surface area contributed by atoms with E-state index < -0.39 is 0 Å². The quantitative estimate of drug-likeness (QED) is 0.701. The van der Waals surface area contributed by atoms with Crippen LogP contribution in [0.5, 0.6) is 0 Å². The molecule has 0 aromatic carbocycles. The molecule has 0 saturated heterocycles. The lowest BCUT2D eigenvalue weighted by atomic mass is 9.47. The maximum Gasteiger partial charge on any atom is 0.155 e. The van der Waals surface area contributed by atoms with Gasteiger partial charge in [0, 0.05) is 12.3 Å². The summed E-state index contributed by atoms with van der Waals surface area (Å²) in [6, 6.07) is 0. The van der Waals surface area contributed by atoms with Crippen LogP contribution in [0.1, 0.15) is 72.1 Å². The fourth-order valence-electron chi connectivity index (χ4n) is 7.23. The smallest absolute Gasteiger partial charge is 0.155 e. The van der Waals surface area contributed by atoms with Crippen molar-refractivity contribution in [1.82, 2.24) is 0 Å². The van der Waals surface area contributed by atoms with Crippen molar-refractivity contribution in [3.05, 3.63) is 11.6 Å². The molecule has 0 N–H and O–H groups in total. The molecule has 3 fully saturated rings. The average Bonchev–Trinajstić information content (AvgIpc) is 2.85. The van der Waals surface area contributed by atoms with Crippen LogP contribution in [0.2, 0.25) is 0 Å². The van der Waals surface area contributed by atoms with Crippen molar-refractivity contribution < 1.29 is 9.59 Å². The van der Waals surface area contributed by atoms with Crippen LogP contribution in [0.15, 0.2) is 11.6 Å². The van der Waals surface area contributed by atoms with E-state index in [4.69, 9.17) is 0 Å². The Hall–Kier alpha value is -0.920. The Labute approximate surface area is 140 Å². The Bertz CT molecular complexity index is 589. The van der Waals surface area contributed by atoms with Crippen molar-refractivity contribution in [2.75, 3.05) is 0 Å². The summed E-state index contributed by atoms with van der Waals surface area (Å²) in [5.41, 5.74) is 1.95. The second-order valence-corrected chi connectivity index (χ2v) is 9.25. The number of hydrogen-bond acceptors (Lipinski definition) is 2. The summed E-state index contributed by atoms with van der Waals surface area (Å²) in [5.74, 6) is 3.29. The van der Waals surface area contributed by atoms with Crippen molar-refractivity contribution >= 4 is 11.6 Å². The molecule has 4 rings (SSSR count). The third-order valence-electron chi connectivity index (χ3n) is 8.45. The fraction of sp³-hybridized carbons (Fsp3) is 0.810. The second kappa shape index (κ2) is 5.04. The number of hydrogen-bond donors (Lipinski definition) is 0. The van der Waals surface area contributed by atoms with Crippen molar-refractivity contribution in [2.45, 2.75) is 72.1 Å². The summed E-state index contributed by atoms with van der Waals surface area (Å²) in [4.78, 5) is 24.0. The van der Waals surface area contributed by atoms with Gasteiger partial charge in [0.25, 0.3) is 0 Å². The number of rotatable bonds is 1. The molecule has 0 aliphatic heterocycles. The molecule has 3 saturated carbocycles. The van der Waals surface area contributed by atoms with E-state index in [2.05, 4.69) is 13.8 Å². The molecular formula is C21H30O2. The van der Waals surface area contributed by atoms with Crippen LogP contribution >= 0.6 is 0 Å². The van der Waals surface area contributed by atoms with E-state index in [0.29, 0.717) is 17.5 Å². The van der Waals surface area contributed by atoms with Crippen LogP contribution in [0.25, 0.3) is 0 Å². The van der Waals surface area contributed by atoms with Gasteiger partial charge in [-0.15, -0.1) is 0 Å². The molecule has 0 unspecified atom stereocenters. The zero-order valence-electron chi connectivity index (χ0n) is 14.9. The molecule has 2 nitrogen and oxygen atoms in total. The molecule has 126 valence electrons. The summed E-state index contributed by atoms with van der Waals surface area (Å²) in [6.07, 6.45) is 10.9. The van der Waals surface area contributed by atoms with Gasteiger partial charge in [0.05, 0.1) is 0 Å². The van der Waals surface area contributed by atoms with Gasteiger partial charge < -0.3 is 0 Å². The lowest BCUT2D eigenvalue weighted by Gasteiger charge is -2.58. The monoisotopic (exact) mass is 314 g/mol. The van der Waals surface area contributed by atoms with Crippen LogP contribution in [-0.2, 0) is 9.59 Å². The summed E-state index contributed by atoms with van der Waals surface area (Å²) >= 11 is 0. The highest BCUT2D eigenvalue weighted by Crippen LogP contribution is 2.66. The summed E-state index contributed by atoms with van der Waals surface area (Å²) < 4.78 is 0. The van der Waals surface area contributed by atoms with E-state index in [1.54, 1.807) is 6.92 Å². The minimum atomic E-state index is 0.245. The van der Waals surface area contributed by atoms with Gasteiger partial charge >= 0.3 is 0 Å². The van der Waals surface area contributed by atoms with Crippen LogP contribution in [0, 0.1) is 34.5 Å². The maximum atomic E-state index is 12.1. The highest BCUT2D eigenvalue weighted by atomic mass is 16.1. The topological polar surface area (TPSA) is 34.1 Å². The van der Waals surface area contributed by atoms with Gasteiger partial charge in [-0.3, -0.25) is 9.59 Å². The van der Waals surface area contributed by atoms with E-state index in [0.717, 1.165) is 43.4 Å². The molecule has 2 heteroatoms. The van der Waals surface area contributed by atoms with E-state index in [1.807, 2.05) is 6.08 Å². The Morgan fingerprint density at radius 2 is 1.83 bits per heavy atom. The van der Waals surface area contributed by atoms with E-state index in [9.17, 15) is 9.59 Å². The summed E-state index contributed by atoms with van der Waals surface area (Å²) in [6.45, 7) is 6.65. The first-order valence-corrected chi connectivity index (χ1v) is 9.60. The predicted octanol–water partition coefficient (Wildman–Crippen LogP) is 4.72. The molecule has 23 heavy (non-hydrogen) atoms. The second-order valence-electron chi connectivity index (χ2n) is 9.25. The lowest BCUT2D eigenvalue weighted by molar-refractivity contribution is -0.128. The Kier molecular flexibility index (Phi) is 3.42. The van der Waals surface area contributed by atoms with E-state index in [1.165, 1.54) is 31.3 Å². The molecule has 0 heterocycles. The largest absolute Gasteiger partial charge is 0.300 e. The molecule has 4 aliphatic carbocycles. The van der Waals surface area contributed by atoms with Crippen LogP contribution in [0.4, 0.5) is 0 Å². The molecule has 0 amide bonds. The SMILES string of the molecule is CC(=O)[C@H]1CC[C@H]2[C@H]3CCC4=CC(=O)CC[C@]4(C)[C@H]3CC[C@]12C. The molecule has 6 atom stereocenters. The number of allylic oxidation sites excluding steroid dienone is 1. The number of ketones is 2. The summed E-state index contributed by atoms with van der Waals surface area (Å²) in [5, 5.41) is 0. The highest BCUT2D eigenvalue weighted by molar-refractivity contribution is 5.91. The van der Waals surface area contributed by atoms with Gasteiger partial charge in [0.15, 0.2) is 5.78 Å². The Balaban J connectivity index is 1.67. The molecule has 0 aromatic rings.